The molecule has 128 valence electrons. The predicted octanol–water partition coefficient (Wildman–Crippen LogP) is 2.87. The number of carbonyl (C=O) groups excluding carboxylic acids is 1. The first-order valence-electron chi connectivity index (χ1n) is 8.69. The Labute approximate surface area is 143 Å². The monoisotopic (exact) mass is 327 g/mol. The van der Waals surface area contributed by atoms with Crippen LogP contribution in [0.2, 0.25) is 0 Å². The maximum Gasteiger partial charge on any atom is 0.241 e. The minimum absolute atomic E-state index is 0.0201. The molecule has 1 N–H and O–H groups in total. The fraction of sp³-hybridized carbons (Fsp3) is 0.474. The molecule has 1 aromatic carbocycles. The highest BCUT2D eigenvalue weighted by molar-refractivity contribution is 5.75. The first-order valence-corrected chi connectivity index (χ1v) is 8.69. The van der Waals surface area contributed by atoms with Crippen LogP contribution in [0.3, 0.4) is 0 Å². The van der Waals surface area contributed by atoms with E-state index in [0.29, 0.717) is 6.54 Å². The van der Waals surface area contributed by atoms with Gasteiger partial charge < -0.3 is 10.1 Å². The number of carbonyl (C=O) groups is 1. The molecule has 0 saturated carbocycles. The van der Waals surface area contributed by atoms with Crippen LogP contribution in [-0.4, -0.2) is 22.8 Å². The van der Waals surface area contributed by atoms with E-state index < -0.39 is 0 Å². The summed E-state index contributed by atoms with van der Waals surface area (Å²) in [5.74, 6) is 0.780. The van der Waals surface area contributed by atoms with Crippen molar-refractivity contribution in [3.63, 3.8) is 0 Å². The van der Waals surface area contributed by atoms with E-state index >= 15 is 0 Å². The first-order chi connectivity index (χ1) is 11.7. The van der Waals surface area contributed by atoms with Crippen molar-refractivity contribution >= 4 is 5.91 Å². The van der Waals surface area contributed by atoms with Gasteiger partial charge in [-0.25, -0.2) is 0 Å². The molecular formula is C19H25N3O2. The highest BCUT2D eigenvalue weighted by atomic mass is 16.5. The molecule has 1 aromatic heterocycles. The van der Waals surface area contributed by atoms with Crippen molar-refractivity contribution in [2.45, 2.75) is 51.6 Å². The van der Waals surface area contributed by atoms with E-state index in [1.54, 1.807) is 11.8 Å². The summed E-state index contributed by atoms with van der Waals surface area (Å²) in [4.78, 5) is 12.2. The van der Waals surface area contributed by atoms with Crippen molar-refractivity contribution < 1.29 is 9.53 Å². The minimum Gasteiger partial charge on any atom is -0.497 e. The van der Waals surface area contributed by atoms with Gasteiger partial charge in [0.1, 0.15) is 12.3 Å². The van der Waals surface area contributed by atoms with Gasteiger partial charge in [0.25, 0.3) is 0 Å². The van der Waals surface area contributed by atoms with Gasteiger partial charge in [0.05, 0.1) is 12.8 Å². The van der Waals surface area contributed by atoms with Crippen LogP contribution in [0.4, 0.5) is 0 Å². The van der Waals surface area contributed by atoms with E-state index in [-0.39, 0.29) is 12.5 Å². The number of amides is 1. The fourth-order valence-corrected chi connectivity index (χ4v) is 3.15. The summed E-state index contributed by atoms with van der Waals surface area (Å²) in [7, 11) is 1.64. The van der Waals surface area contributed by atoms with Crippen LogP contribution in [0.5, 0.6) is 5.75 Å². The molecule has 0 aliphatic heterocycles. The summed E-state index contributed by atoms with van der Waals surface area (Å²) in [6.07, 6.45) is 9.17. The van der Waals surface area contributed by atoms with Gasteiger partial charge in [0.15, 0.2) is 0 Å². The van der Waals surface area contributed by atoms with E-state index in [1.807, 2.05) is 30.5 Å². The van der Waals surface area contributed by atoms with Crippen LogP contribution in [0, 0.1) is 0 Å². The first kappa shape index (κ1) is 16.6. The van der Waals surface area contributed by atoms with Crippen molar-refractivity contribution in [3.05, 3.63) is 47.3 Å². The molecule has 0 atom stereocenters. The molecule has 2 aromatic rings. The zero-order valence-corrected chi connectivity index (χ0v) is 14.3. The van der Waals surface area contributed by atoms with Gasteiger partial charge in [-0.15, -0.1) is 0 Å². The zero-order valence-electron chi connectivity index (χ0n) is 14.3. The molecule has 24 heavy (non-hydrogen) atoms. The molecule has 0 spiro atoms. The highest BCUT2D eigenvalue weighted by Crippen LogP contribution is 2.18. The quantitative estimate of drug-likeness (QED) is 0.919. The van der Waals surface area contributed by atoms with Crippen molar-refractivity contribution in [3.8, 4) is 5.75 Å². The molecule has 0 fully saturated rings. The summed E-state index contributed by atoms with van der Waals surface area (Å²) in [5, 5.41) is 7.56. The topological polar surface area (TPSA) is 56.1 Å². The maximum absolute atomic E-state index is 12.2. The molecule has 0 bridgehead atoms. The largest absolute Gasteiger partial charge is 0.497 e. The van der Waals surface area contributed by atoms with Gasteiger partial charge in [-0.05, 0) is 48.9 Å². The smallest absolute Gasteiger partial charge is 0.241 e. The third kappa shape index (κ3) is 4.37. The molecular weight excluding hydrogens is 302 g/mol. The number of nitrogens with zero attached hydrogens (tertiary/aromatic N) is 2. The van der Waals surface area contributed by atoms with E-state index in [0.717, 1.165) is 24.2 Å². The van der Waals surface area contributed by atoms with Gasteiger partial charge >= 0.3 is 0 Å². The Morgan fingerprint density at radius 1 is 1.25 bits per heavy atom. The van der Waals surface area contributed by atoms with Crippen LogP contribution in [-0.2, 0) is 30.7 Å². The van der Waals surface area contributed by atoms with E-state index in [1.165, 1.54) is 36.9 Å². The third-order valence-corrected chi connectivity index (χ3v) is 4.46. The van der Waals surface area contributed by atoms with E-state index in [2.05, 4.69) is 10.4 Å². The second kappa shape index (κ2) is 7.99. The van der Waals surface area contributed by atoms with Crippen molar-refractivity contribution in [1.82, 2.24) is 15.1 Å². The number of nitrogens with one attached hydrogen (secondary N) is 1. The number of aromatic nitrogens is 2. The molecule has 1 amide bonds. The van der Waals surface area contributed by atoms with Gasteiger partial charge in [-0.1, -0.05) is 25.0 Å². The molecule has 5 nitrogen and oxygen atoms in total. The summed E-state index contributed by atoms with van der Waals surface area (Å²) >= 11 is 0. The molecule has 0 radical (unpaired) electrons. The number of benzene rings is 1. The Hall–Kier alpha value is -2.30. The Morgan fingerprint density at radius 2 is 2.08 bits per heavy atom. The molecule has 0 saturated heterocycles. The minimum atomic E-state index is -0.0201. The SMILES string of the molecule is COc1cccc(CNC(=O)Cn2cc3c(n2)CCCCCC3)c1. The van der Waals surface area contributed by atoms with Crippen LogP contribution in [0.15, 0.2) is 30.5 Å². The number of hydrogen-bond donors (Lipinski definition) is 1. The van der Waals surface area contributed by atoms with E-state index in [4.69, 9.17) is 4.74 Å². The zero-order chi connectivity index (χ0) is 16.8. The van der Waals surface area contributed by atoms with Gasteiger partial charge in [0, 0.05) is 12.7 Å². The lowest BCUT2D eigenvalue weighted by molar-refractivity contribution is -0.122. The lowest BCUT2D eigenvalue weighted by atomic mass is 9.99. The molecule has 5 heteroatoms. The average Bonchev–Trinajstić information content (AvgIpc) is 2.94. The van der Waals surface area contributed by atoms with E-state index in [9.17, 15) is 4.79 Å². The predicted molar refractivity (Wildman–Crippen MR) is 92.9 cm³/mol. The van der Waals surface area contributed by atoms with Gasteiger partial charge in [-0.3, -0.25) is 9.48 Å². The fourth-order valence-electron chi connectivity index (χ4n) is 3.15. The number of methoxy groups -OCH3 is 1. The molecule has 1 heterocycles. The van der Waals surface area contributed by atoms with Crippen LogP contribution >= 0.6 is 0 Å². The molecule has 1 aliphatic rings. The Kier molecular flexibility index (Phi) is 5.51. The molecule has 0 unspecified atom stereocenters. The maximum atomic E-state index is 12.2. The number of aryl methyl sites for hydroxylation is 2. The van der Waals surface area contributed by atoms with Crippen LogP contribution in [0.25, 0.3) is 0 Å². The van der Waals surface area contributed by atoms with Crippen molar-refractivity contribution in [2.24, 2.45) is 0 Å². The average molecular weight is 327 g/mol. The molecule has 3 rings (SSSR count). The van der Waals surface area contributed by atoms with Crippen molar-refractivity contribution in [1.29, 1.82) is 0 Å². The van der Waals surface area contributed by atoms with Gasteiger partial charge in [-0.2, -0.15) is 5.10 Å². The standard InChI is InChI=1S/C19H25N3O2/c1-24-17-9-6-7-15(11-17)12-20-19(23)14-22-13-16-8-4-2-3-5-10-18(16)21-22/h6-7,9,11,13H,2-5,8,10,12,14H2,1H3,(H,20,23). The Bertz CT molecular complexity index is 668. The third-order valence-electron chi connectivity index (χ3n) is 4.46. The van der Waals surface area contributed by atoms with Crippen molar-refractivity contribution in [2.75, 3.05) is 7.11 Å². The summed E-state index contributed by atoms with van der Waals surface area (Å²) in [6, 6.07) is 7.72. The van der Waals surface area contributed by atoms with Crippen LogP contribution in [0.1, 0.15) is 42.5 Å². The second-order valence-electron chi connectivity index (χ2n) is 6.34. The van der Waals surface area contributed by atoms with Crippen LogP contribution < -0.4 is 10.1 Å². The summed E-state index contributed by atoms with van der Waals surface area (Å²) in [6.45, 7) is 0.772. The summed E-state index contributed by atoms with van der Waals surface area (Å²) < 4.78 is 6.99. The van der Waals surface area contributed by atoms with Gasteiger partial charge in [0.2, 0.25) is 5.91 Å². The Morgan fingerprint density at radius 3 is 2.92 bits per heavy atom. The number of rotatable bonds is 5. The molecule has 1 aliphatic carbocycles. The normalized spacial score (nSPS) is 14.4. The lowest BCUT2D eigenvalue weighted by Crippen LogP contribution is -2.27. The number of ether oxygens (including phenoxy) is 1. The second-order valence-corrected chi connectivity index (χ2v) is 6.34. The summed E-state index contributed by atoms with van der Waals surface area (Å²) in [5.41, 5.74) is 3.51. The number of fused-ring (bicyclic) bond motifs is 1. The highest BCUT2D eigenvalue weighted by Gasteiger charge is 2.13. The number of hydrogen-bond acceptors (Lipinski definition) is 3. The Balaban J connectivity index is 1.55. The lowest BCUT2D eigenvalue weighted by Gasteiger charge is -2.07.